The molecule has 0 aliphatic heterocycles. The Balaban J connectivity index is 2.82. The molecule has 3 heteroatoms. The molecule has 48 valence electrons. The Labute approximate surface area is 57.0 Å². The molecular formula is C5H8BrO2-. The average molecular weight is 180 g/mol. The van der Waals surface area contributed by atoms with E-state index in [2.05, 4.69) is 15.9 Å². The maximum Gasteiger partial charge on any atom is 0.0414 e. The molecule has 0 heterocycles. The Bertz CT molecular complexity index is 72.8. The van der Waals surface area contributed by atoms with E-state index >= 15 is 0 Å². The van der Waals surface area contributed by atoms with Crippen LogP contribution in [-0.4, -0.2) is 11.3 Å². The maximum absolute atomic E-state index is 9.75. The number of halogens is 1. The first-order chi connectivity index (χ1) is 3.77. The molecule has 0 bridgehead atoms. The number of carboxylic acids is 1. The van der Waals surface area contributed by atoms with E-state index in [0.29, 0.717) is 6.42 Å². The molecule has 0 aromatic heterocycles. The fourth-order valence-corrected chi connectivity index (χ4v) is 0.760. The molecule has 0 aromatic carbocycles. The van der Waals surface area contributed by atoms with Crippen molar-refractivity contribution < 1.29 is 9.90 Å². The molecule has 0 radical (unpaired) electrons. The summed E-state index contributed by atoms with van der Waals surface area (Å²) in [5.74, 6) is -0.953. The summed E-state index contributed by atoms with van der Waals surface area (Å²) in [6, 6.07) is 0. The van der Waals surface area contributed by atoms with Crippen molar-refractivity contribution in [2.45, 2.75) is 19.3 Å². The zero-order valence-corrected chi connectivity index (χ0v) is 6.11. The Hall–Kier alpha value is -0.0500. The summed E-state index contributed by atoms with van der Waals surface area (Å²) in [5, 5.41) is 10.6. The Morgan fingerprint density at radius 3 is 2.50 bits per heavy atom. The number of carboxylic acid groups (broad SMARTS) is 1. The Morgan fingerprint density at radius 2 is 2.12 bits per heavy atom. The molecule has 0 fully saturated rings. The standard InChI is InChI=1S/C5H9BrO2/c6-4-2-1-3-5(7)8/h1-4H2,(H,7,8)/p-1. The summed E-state index contributed by atoms with van der Waals surface area (Å²) in [6.45, 7) is 0. The SMILES string of the molecule is O=C([O-])CCCCBr. The molecule has 0 rings (SSSR count). The smallest absolute Gasteiger partial charge is 0.0414 e. The Morgan fingerprint density at radius 1 is 1.50 bits per heavy atom. The number of rotatable bonds is 4. The Kier molecular flexibility index (Phi) is 5.06. The van der Waals surface area contributed by atoms with Gasteiger partial charge in [-0.25, -0.2) is 0 Å². The summed E-state index contributed by atoms with van der Waals surface area (Å²) in [4.78, 5) is 9.75. The lowest BCUT2D eigenvalue weighted by molar-refractivity contribution is -0.305. The van der Waals surface area contributed by atoms with Crippen LogP contribution in [0.5, 0.6) is 0 Å². The molecule has 0 amide bonds. The van der Waals surface area contributed by atoms with Crippen molar-refractivity contribution in [2.24, 2.45) is 0 Å². The van der Waals surface area contributed by atoms with Crippen molar-refractivity contribution in [1.29, 1.82) is 0 Å². The van der Waals surface area contributed by atoms with Crippen LogP contribution in [0.2, 0.25) is 0 Å². The first-order valence-corrected chi connectivity index (χ1v) is 3.65. The van der Waals surface area contributed by atoms with E-state index in [4.69, 9.17) is 0 Å². The largest absolute Gasteiger partial charge is 0.550 e. The fourth-order valence-electron chi connectivity index (χ4n) is 0.364. The zero-order valence-electron chi connectivity index (χ0n) is 4.52. The summed E-state index contributed by atoms with van der Waals surface area (Å²) in [5.41, 5.74) is 0. The van der Waals surface area contributed by atoms with Gasteiger partial charge in [-0.1, -0.05) is 15.9 Å². The first-order valence-electron chi connectivity index (χ1n) is 2.53. The molecule has 8 heavy (non-hydrogen) atoms. The predicted molar refractivity (Wildman–Crippen MR) is 32.7 cm³/mol. The third-order valence-electron chi connectivity index (χ3n) is 0.765. The summed E-state index contributed by atoms with van der Waals surface area (Å²) >= 11 is 3.19. The van der Waals surface area contributed by atoms with E-state index in [1.165, 1.54) is 0 Å². The van der Waals surface area contributed by atoms with Gasteiger partial charge in [0.2, 0.25) is 0 Å². The van der Waals surface area contributed by atoms with Gasteiger partial charge in [0.05, 0.1) is 0 Å². The van der Waals surface area contributed by atoms with Crippen LogP contribution in [0.3, 0.4) is 0 Å². The number of unbranched alkanes of at least 4 members (excludes halogenated alkanes) is 1. The predicted octanol–water partition coefficient (Wildman–Crippen LogP) is 0.301. The molecule has 2 nitrogen and oxygen atoms in total. The third kappa shape index (κ3) is 5.95. The van der Waals surface area contributed by atoms with Crippen molar-refractivity contribution >= 4 is 21.9 Å². The summed E-state index contributed by atoms with van der Waals surface area (Å²) in [7, 11) is 0. The summed E-state index contributed by atoms with van der Waals surface area (Å²) in [6.07, 6.45) is 1.81. The van der Waals surface area contributed by atoms with Gasteiger partial charge in [-0.05, 0) is 19.3 Å². The average Bonchev–Trinajstić information content (AvgIpc) is 1.66. The second kappa shape index (κ2) is 5.09. The monoisotopic (exact) mass is 179 g/mol. The van der Waals surface area contributed by atoms with Gasteiger partial charge in [-0.15, -0.1) is 0 Å². The van der Waals surface area contributed by atoms with E-state index in [1.807, 2.05) is 0 Å². The molecule has 0 aromatic rings. The van der Waals surface area contributed by atoms with Crippen LogP contribution in [-0.2, 0) is 4.79 Å². The number of alkyl halides is 1. The van der Waals surface area contributed by atoms with Crippen LogP contribution in [0, 0.1) is 0 Å². The van der Waals surface area contributed by atoms with Crippen molar-refractivity contribution in [3.63, 3.8) is 0 Å². The molecular weight excluding hydrogens is 172 g/mol. The van der Waals surface area contributed by atoms with Gasteiger partial charge >= 0.3 is 0 Å². The zero-order chi connectivity index (χ0) is 6.41. The molecule has 0 spiro atoms. The van der Waals surface area contributed by atoms with E-state index in [-0.39, 0.29) is 6.42 Å². The van der Waals surface area contributed by atoms with Crippen molar-refractivity contribution in [1.82, 2.24) is 0 Å². The number of carbonyl (C=O) groups is 1. The van der Waals surface area contributed by atoms with Crippen LogP contribution < -0.4 is 5.11 Å². The minimum Gasteiger partial charge on any atom is -0.550 e. The van der Waals surface area contributed by atoms with E-state index < -0.39 is 5.97 Å². The van der Waals surface area contributed by atoms with Gasteiger partial charge in [-0.3, -0.25) is 0 Å². The highest BCUT2D eigenvalue weighted by molar-refractivity contribution is 9.09. The molecule has 0 saturated heterocycles. The lowest BCUT2D eigenvalue weighted by atomic mass is 10.3. The lowest BCUT2D eigenvalue weighted by Crippen LogP contribution is -2.21. The van der Waals surface area contributed by atoms with Gasteiger partial charge in [-0.2, -0.15) is 0 Å². The summed E-state index contributed by atoms with van der Waals surface area (Å²) < 4.78 is 0. The van der Waals surface area contributed by atoms with Crippen LogP contribution in [0.15, 0.2) is 0 Å². The highest BCUT2D eigenvalue weighted by Gasteiger charge is 1.84. The number of carbonyl (C=O) groups excluding carboxylic acids is 1. The van der Waals surface area contributed by atoms with Gasteiger partial charge in [0, 0.05) is 11.3 Å². The molecule has 0 atom stereocenters. The normalized spacial score (nSPS) is 9.12. The van der Waals surface area contributed by atoms with Crippen LogP contribution >= 0.6 is 15.9 Å². The van der Waals surface area contributed by atoms with Gasteiger partial charge in [0.25, 0.3) is 0 Å². The second-order valence-electron chi connectivity index (χ2n) is 1.52. The van der Waals surface area contributed by atoms with Gasteiger partial charge < -0.3 is 9.90 Å². The first kappa shape index (κ1) is 7.95. The van der Waals surface area contributed by atoms with Crippen LogP contribution in [0.25, 0.3) is 0 Å². The van der Waals surface area contributed by atoms with E-state index in [1.54, 1.807) is 0 Å². The molecule has 0 aliphatic carbocycles. The van der Waals surface area contributed by atoms with Crippen LogP contribution in [0.1, 0.15) is 19.3 Å². The van der Waals surface area contributed by atoms with E-state index in [9.17, 15) is 9.90 Å². The number of hydrogen-bond acceptors (Lipinski definition) is 2. The quantitative estimate of drug-likeness (QED) is 0.461. The number of hydrogen-bond donors (Lipinski definition) is 0. The molecule has 0 saturated carbocycles. The molecule has 0 aliphatic rings. The topological polar surface area (TPSA) is 40.1 Å². The second-order valence-corrected chi connectivity index (χ2v) is 2.31. The molecule has 0 N–H and O–H groups in total. The lowest BCUT2D eigenvalue weighted by Gasteiger charge is -1.97. The minimum atomic E-state index is -0.953. The van der Waals surface area contributed by atoms with Gasteiger partial charge in [0.1, 0.15) is 0 Å². The van der Waals surface area contributed by atoms with Gasteiger partial charge in [0.15, 0.2) is 0 Å². The highest BCUT2D eigenvalue weighted by atomic mass is 79.9. The van der Waals surface area contributed by atoms with Crippen molar-refractivity contribution in [3.8, 4) is 0 Å². The fraction of sp³-hybridized carbons (Fsp3) is 0.800. The van der Waals surface area contributed by atoms with Crippen LogP contribution in [0.4, 0.5) is 0 Å². The highest BCUT2D eigenvalue weighted by Crippen LogP contribution is 1.96. The maximum atomic E-state index is 9.75. The minimum absolute atomic E-state index is 0.186. The number of aliphatic carboxylic acids is 1. The van der Waals surface area contributed by atoms with Crippen molar-refractivity contribution in [3.05, 3.63) is 0 Å². The third-order valence-corrected chi connectivity index (χ3v) is 1.33. The molecule has 0 unspecified atom stereocenters. The van der Waals surface area contributed by atoms with Crippen molar-refractivity contribution in [2.75, 3.05) is 5.33 Å². The van der Waals surface area contributed by atoms with E-state index in [0.717, 1.165) is 11.8 Å².